The summed E-state index contributed by atoms with van der Waals surface area (Å²) in [5.41, 5.74) is 3.19. The first-order valence-electron chi connectivity index (χ1n) is 10.0. The molecule has 1 fully saturated rings. The Labute approximate surface area is 194 Å². The number of fused-ring (bicyclic) bond motifs is 1. The molecule has 2 aromatic carbocycles. The highest BCUT2D eigenvalue weighted by molar-refractivity contribution is 7.91. The molecule has 0 bridgehead atoms. The van der Waals surface area contributed by atoms with Crippen molar-refractivity contribution in [3.8, 4) is 11.4 Å². The Morgan fingerprint density at radius 3 is 2.78 bits per heavy atom. The van der Waals surface area contributed by atoms with Crippen LogP contribution < -0.4 is 5.32 Å². The summed E-state index contributed by atoms with van der Waals surface area (Å²) >= 11 is 6.91. The monoisotopic (exact) mass is 486 g/mol. The Morgan fingerprint density at radius 2 is 2.00 bits per heavy atom. The fourth-order valence-electron chi connectivity index (χ4n) is 3.90. The molecule has 3 heterocycles. The maximum atomic E-state index is 13.0. The molecule has 164 valence electrons. The first-order chi connectivity index (χ1) is 15.4. The number of hydrogen-bond acceptors (Lipinski definition) is 5. The van der Waals surface area contributed by atoms with Crippen LogP contribution in [0.5, 0.6) is 0 Å². The number of thiophene rings is 1. The number of carbonyl (C=O) groups excluding carboxylic acids is 1. The number of carbonyl (C=O) groups is 1. The lowest BCUT2D eigenvalue weighted by atomic mass is 10.1. The third-order valence-electron chi connectivity index (χ3n) is 5.41. The number of para-hydroxylation sites is 2. The summed E-state index contributed by atoms with van der Waals surface area (Å²) in [7, 11) is -3.78. The normalized spacial score (nSPS) is 17.1. The van der Waals surface area contributed by atoms with Crippen LogP contribution >= 0.6 is 22.9 Å². The van der Waals surface area contributed by atoms with Gasteiger partial charge in [-0.25, -0.2) is 13.4 Å². The number of hydrogen-bond donors (Lipinski definition) is 2. The Bertz CT molecular complexity index is 1380. The van der Waals surface area contributed by atoms with Crippen molar-refractivity contribution in [1.29, 1.82) is 0 Å². The van der Waals surface area contributed by atoms with Gasteiger partial charge in [-0.1, -0.05) is 35.9 Å². The largest absolute Gasteiger partial charge is 0.338 e. The van der Waals surface area contributed by atoms with Crippen molar-refractivity contribution in [2.45, 2.75) is 23.1 Å². The zero-order valence-corrected chi connectivity index (χ0v) is 19.2. The van der Waals surface area contributed by atoms with Gasteiger partial charge in [-0.05, 0) is 49.2 Å². The number of rotatable bonds is 5. The van der Waals surface area contributed by atoms with Gasteiger partial charge in [0.2, 0.25) is 5.91 Å². The molecule has 10 heteroatoms. The predicted octanol–water partition coefficient (Wildman–Crippen LogP) is 4.74. The van der Waals surface area contributed by atoms with Crippen LogP contribution in [0.3, 0.4) is 0 Å². The number of amides is 1. The minimum Gasteiger partial charge on any atom is -0.338 e. The number of sulfonamides is 1. The number of benzene rings is 2. The molecule has 1 amide bonds. The molecule has 0 spiro atoms. The van der Waals surface area contributed by atoms with Gasteiger partial charge in [0, 0.05) is 17.8 Å². The van der Waals surface area contributed by atoms with Crippen LogP contribution in [0.15, 0.2) is 64.9 Å². The van der Waals surface area contributed by atoms with Crippen molar-refractivity contribution in [3.05, 3.63) is 65.0 Å². The van der Waals surface area contributed by atoms with E-state index in [2.05, 4.69) is 15.3 Å². The van der Waals surface area contributed by atoms with E-state index in [4.69, 9.17) is 11.6 Å². The molecule has 4 aromatic rings. The van der Waals surface area contributed by atoms with E-state index in [-0.39, 0.29) is 10.1 Å². The van der Waals surface area contributed by atoms with Crippen LogP contribution in [0, 0.1) is 0 Å². The molecule has 2 aromatic heterocycles. The summed E-state index contributed by atoms with van der Waals surface area (Å²) in [5.74, 6) is 0.345. The number of nitrogens with one attached hydrogen (secondary N) is 2. The summed E-state index contributed by atoms with van der Waals surface area (Å²) in [6, 6.07) is 17.3. The highest BCUT2D eigenvalue weighted by Crippen LogP contribution is 2.33. The second-order valence-electron chi connectivity index (χ2n) is 7.50. The number of nitrogens with zero attached hydrogens (tertiary/aromatic N) is 2. The Hall–Kier alpha value is -2.72. The summed E-state index contributed by atoms with van der Waals surface area (Å²) in [5, 5.41) is 2.88. The van der Waals surface area contributed by atoms with Gasteiger partial charge in [-0.2, -0.15) is 4.31 Å². The maximum Gasteiger partial charge on any atom is 0.253 e. The molecule has 1 aliphatic heterocycles. The lowest BCUT2D eigenvalue weighted by molar-refractivity contribution is -0.119. The van der Waals surface area contributed by atoms with E-state index in [1.54, 1.807) is 12.1 Å². The summed E-state index contributed by atoms with van der Waals surface area (Å²) in [6.45, 7) is 0.301. The molecule has 1 atom stereocenters. The Morgan fingerprint density at radius 1 is 1.16 bits per heavy atom. The van der Waals surface area contributed by atoms with Crippen molar-refractivity contribution in [1.82, 2.24) is 14.3 Å². The molecule has 2 N–H and O–H groups in total. The van der Waals surface area contributed by atoms with Crippen LogP contribution in [0.2, 0.25) is 4.34 Å². The molecule has 5 rings (SSSR count). The number of anilines is 1. The average molecular weight is 487 g/mol. The molecule has 1 aliphatic rings. The second kappa shape index (κ2) is 8.32. The van der Waals surface area contributed by atoms with Gasteiger partial charge in [0.25, 0.3) is 10.0 Å². The molecule has 0 saturated carbocycles. The van der Waals surface area contributed by atoms with Gasteiger partial charge >= 0.3 is 0 Å². The number of halogens is 1. The molecular formula is C22H19ClN4O3S2. The van der Waals surface area contributed by atoms with Crippen molar-refractivity contribution >= 4 is 55.6 Å². The quantitative estimate of drug-likeness (QED) is 0.426. The van der Waals surface area contributed by atoms with Gasteiger partial charge < -0.3 is 10.3 Å². The van der Waals surface area contributed by atoms with E-state index < -0.39 is 16.1 Å². The van der Waals surface area contributed by atoms with Crippen LogP contribution in [0.1, 0.15) is 12.8 Å². The van der Waals surface area contributed by atoms with Gasteiger partial charge in [0.15, 0.2) is 0 Å². The smallest absolute Gasteiger partial charge is 0.253 e. The van der Waals surface area contributed by atoms with E-state index in [9.17, 15) is 13.2 Å². The van der Waals surface area contributed by atoms with Gasteiger partial charge in [-0.15, -0.1) is 11.3 Å². The van der Waals surface area contributed by atoms with Crippen molar-refractivity contribution < 1.29 is 13.2 Å². The van der Waals surface area contributed by atoms with E-state index in [0.717, 1.165) is 27.9 Å². The summed E-state index contributed by atoms with van der Waals surface area (Å²) in [4.78, 5) is 20.9. The molecule has 1 saturated heterocycles. The van der Waals surface area contributed by atoms with Gasteiger partial charge in [0.05, 0.1) is 15.4 Å². The third-order valence-corrected chi connectivity index (χ3v) is 9.02. The molecule has 0 aliphatic carbocycles. The van der Waals surface area contributed by atoms with E-state index in [0.29, 0.717) is 35.2 Å². The average Bonchev–Trinajstić information content (AvgIpc) is 3.53. The first kappa shape index (κ1) is 21.1. The minimum atomic E-state index is -3.78. The first-order valence-corrected chi connectivity index (χ1v) is 12.7. The minimum absolute atomic E-state index is 0.147. The number of aromatic nitrogens is 2. The van der Waals surface area contributed by atoms with E-state index >= 15 is 0 Å². The maximum absolute atomic E-state index is 13.0. The lowest BCUT2D eigenvalue weighted by Crippen LogP contribution is -2.42. The van der Waals surface area contributed by atoms with Gasteiger partial charge in [-0.3, -0.25) is 4.79 Å². The summed E-state index contributed by atoms with van der Waals surface area (Å²) < 4.78 is 27.9. The second-order valence-corrected chi connectivity index (χ2v) is 11.3. The number of imidazole rings is 1. The SMILES string of the molecule is O=C(Nc1cccc(-c2nc3ccccc3[nH]2)c1)C1CCCN1S(=O)(=O)c1ccc(Cl)s1. The van der Waals surface area contributed by atoms with Crippen molar-refractivity contribution in [3.63, 3.8) is 0 Å². The van der Waals surface area contributed by atoms with Crippen LogP contribution in [-0.2, 0) is 14.8 Å². The molecular weight excluding hydrogens is 468 g/mol. The van der Waals surface area contributed by atoms with Crippen LogP contribution in [0.25, 0.3) is 22.4 Å². The fourth-order valence-corrected chi connectivity index (χ4v) is 7.17. The Balaban J connectivity index is 1.37. The predicted molar refractivity (Wildman–Crippen MR) is 126 cm³/mol. The zero-order chi connectivity index (χ0) is 22.3. The lowest BCUT2D eigenvalue weighted by Gasteiger charge is -2.22. The van der Waals surface area contributed by atoms with Crippen LogP contribution in [-0.4, -0.2) is 41.2 Å². The molecule has 1 unspecified atom stereocenters. The molecule has 7 nitrogen and oxygen atoms in total. The third kappa shape index (κ3) is 3.93. The summed E-state index contributed by atoms with van der Waals surface area (Å²) in [6.07, 6.45) is 1.09. The fraction of sp³-hybridized carbons (Fsp3) is 0.182. The Kier molecular flexibility index (Phi) is 5.50. The van der Waals surface area contributed by atoms with Gasteiger partial charge in [0.1, 0.15) is 16.1 Å². The standard InChI is InChI=1S/C22H19ClN4O3S2/c23-19-10-11-20(31-19)32(29,30)27-12-4-9-18(27)22(28)24-15-6-3-5-14(13-15)21-25-16-7-1-2-8-17(16)26-21/h1-3,5-8,10-11,13,18H,4,9,12H2,(H,24,28)(H,25,26). The topological polar surface area (TPSA) is 95.2 Å². The van der Waals surface area contributed by atoms with Crippen molar-refractivity contribution in [2.75, 3.05) is 11.9 Å². The molecule has 32 heavy (non-hydrogen) atoms. The highest BCUT2D eigenvalue weighted by atomic mass is 35.5. The number of H-pyrrole nitrogens is 1. The highest BCUT2D eigenvalue weighted by Gasteiger charge is 2.40. The van der Waals surface area contributed by atoms with Crippen LogP contribution in [0.4, 0.5) is 5.69 Å². The number of aromatic amines is 1. The van der Waals surface area contributed by atoms with Crippen molar-refractivity contribution in [2.24, 2.45) is 0 Å². The van der Waals surface area contributed by atoms with E-state index in [1.165, 1.54) is 10.4 Å². The molecule has 0 radical (unpaired) electrons. The zero-order valence-electron chi connectivity index (χ0n) is 16.8. The van der Waals surface area contributed by atoms with E-state index in [1.807, 2.05) is 42.5 Å².